The van der Waals surface area contributed by atoms with E-state index in [9.17, 15) is 5.11 Å². The molecule has 1 nitrogen and oxygen atoms in total. The van der Waals surface area contributed by atoms with E-state index >= 15 is 0 Å². The second-order valence-electron chi connectivity index (χ2n) is 3.15. The van der Waals surface area contributed by atoms with Crippen molar-refractivity contribution in [2.75, 3.05) is 0 Å². The fourth-order valence-electron chi connectivity index (χ4n) is 1.37. The van der Waals surface area contributed by atoms with Crippen LogP contribution in [0.2, 0.25) is 0 Å². The standard InChI is InChI=1S/C12H12OS/c13-9-11-4-3-5-12(8-11)10-14-6-1-2-7-14/h1-8,10,14H,9H2. The summed E-state index contributed by atoms with van der Waals surface area (Å²) in [6.45, 7) is -0.134. The molecule has 1 aromatic carbocycles. The minimum atomic E-state index is -0.227. The molecule has 0 bridgehead atoms. The van der Waals surface area contributed by atoms with Crippen molar-refractivity contribution in [1.82, 2.24) is 0 Å². The number of thiol groups is 1. The molecule has 14 heavy (non-hydrogen) atoms. The van der Waals surface area contributed by atoms with Gasteiger partial charge < -0.3 is 0 Å². The second-order valence-corrected chi connectivity index (χ2v) is 4.90. The summed E-state index contributed by atoms with van der Waals surface area (Å²) in [5, 5.41) is 15.1. The van der Waals surface area contributed by atoms with E-state index in [-0.39, 0.29) is 17.5 Å². The van der Waals surface area contributed by atoms with Gasteiger partial charge in [0.1, 0.15) is 6.61 Å². The molecule has 0 unspecified atom stereocenters. The lowest BCUT2D eigenvalue weighted by Crippen LogP contribution is -1.85. The topological polar surface area (TPSA) is 19.9 Å². The van der Waals surface area contributed by atoms with Crippen molar-refractivity contribution in [2.45, 2.75) is 6.61 Å². The lowest BCUT2D eigenvalue weighted by Gasteiger charge is -2.09. The third-order valence-electron chi connectivity index (χ3n) is 2.04. The molecule has 0 aliphatic carbocycles. The average Bonchev–Trinajstić information content (AvgIpc) is 2.71. The number of hydrogen-bond acceptors (Lipinski definition) is 0. The molecule has 0 spiro atoms. The van der Waals surface area contributed by atoms with E-state index in [0.29, 0.717) is 0 Å². The van der Waals surface area contributed by atoms with Crippen molar-refractivity contribution < 1.29 is 5.11 Å². The van der Waals surface area contributed by atoms with E-state index in [2.05, 4.69) is 28.7 Å². The van der Waals surface area contributed by atoms with Crippen LogP contribution in [-0.4, -0.2) is 0 Å². The van der Waals surface area contributed by atoms with Gasteiger partial charge in [0.25, 0.3) is 0 Å². The Morgan fingerprint density at radius 3 is 2.71 bits per heavy atom. The Balaban J connectivity index is 2.08. The molecule has 0 atom stereocenters. The molecule has 2 radical (unpaired) electrons. The second kappa shape index (κ2) is 4.49. The Hall–Kier alpha value is -0.990. The average molecular weight is 204 g/mol. The molecule has 1 aliphatic heterocycles. The molecule has 72 valence electrons. The highest BCUT2D eigenvalue weighted by atomic mass is 32.2. The van der Waals surface area contributed by atoms with Crippen LogP contribution in [-0.2, 0) is 11.7 Å². The summed E-state index contributed by atoms with van der Waals surface area (Å²) in [5.41, 5.74) is 2.02. The van der Waals surface area contributed by atoms with Gasteiger partial charge in [-0.15, -0.1) is 0 Å². The van der Waals surface area contributed by atoms with Crippen LogP contribution in [0.15, 0.2) is 47.2 Å². The normalized spacial score (nSPS) is 16.5. The van der Waals surface area contributed by atoms with Crippen molar-refractivity contribution in [2.24, 2.45) is 0 Å². The Morgan fingerprint density at radius 1 is 1.21 bits per heavy atom. The fraction of sp³-hybridized carbons (Fsp3) is 0.0833. The van der Waals surface area contributed by atoms with E-state index in [4.69, 9.17) is 0 Å². The zero-order valence-electron chi connectivity index (χ0n) is 7.76. The van der Waals surface area contributed by atoms with Crippen LogP contribution in [0, 0.1) is 5.75 Å². The Bertz CT molecular complexity index is 356. The zero-order valence-corrected chi connectivity index (χ0v) is 8.65. The van der Waals surface area contributed by atoms with Gasteiger partial charge in [0.2, 0.25) is 0 Å². The molecule has 2 heteroatoms. The van der Waals surface area contributed by atoms with Crippen LogP contribution in [0.1, 0.15) is 11.1 Å². The van der Waals surface area contributed by atoms with Gasteiger partial charge in [-0.3, -0.25) is 0 Å². The highest BCUT2D eigenvalue weighted by Gasteiger charge is 2.02. The van der Waals surface area contributed by atoms with E-state index in [1.54, 1.807) is 0 Å². The quantitative estimate of drug-likeness (QED) is 0.730. The van der Waals surface area contributed by atoms with Crippen LogP contribution in [0.3, 0.4) is 0 Å². The summed E-state index contributed by atoms with van der Waals surface area (Å²) in [6.07, 6.45) is 4.14. The van der Waals surface area contributed by atoms with E-state index in [0.717, 1.165) is 11.1 Å². The number of benzene rings is 1. The molecular formula is C12H12OS. The van der Waals surface area contributed by atoms with Crippen LogP contribution in [0.25, 0.3) is 0 Å². The molecule has 1 heterocycles. The number of rotatable bonds is 3. The molecule has 0 aromatic heterocycles. The van der Waals surface area contributed by atoms with E-state index in [1.807, 2.05) is 24.3 Å². The minimum absolute atomic E-state index is 0.134. The molecule has 0 saturated heterocycles. The highest BCUT2D eigenvalue weighted by molar-refractivity contribution is 8.24. The molecule has 0 amide bonds. The SMILES string of the molecule is [O]Cc1cccc([CH][SH]2C=CC=C2)c1. The van der Waals surface area contributed by atoms with Crippen molar-refractivity contribution >= 4 is 10.9 Å². The molecule has 0 saturated carbocycles. The van der Waals surface area contributed by atoms with Crippen molar-refractivity contribution in [3.05, 3.63) is 64.1 Å². The predicted molar refractivity (Wildman–Crippen MR) is 61.5 cm³/mol. The van der Waals surface area contributed by atoms with Gasteiger partial charge in [-0.05, 0) is 21.9 Å². The zero-order chi connectivity index (χ0) is 9.80. The molecule has 2 rings (SSSR count). The Labute approximate surface area is 87.1 Å². The highest BCUT2D eigenvalue weighted by Crippen LogP contribution is 2.38. The van der Waals surface area contributed by atoms with Crippen LogP contribution in [0.4, 0.5) is 0 Å². The monoisotopic (exact) mass is 204 g/mol. The maximum absolute atomic E-state index is 10.7. The molecule has 1 aromatic rings. The summed E-state index contributed by atoms with van der Waals surface area (Å²) >= 11 is 0. The summed E-state index contributed by atoms with van der Waals surface area (Å²) in [4.78, 5) is 0. The van der Waals surface area contributed by atoms with Gasteiger partial charge in [0, 0.05) is 5.75 Å². The van der Waals surface area contributed by atoms with Gasteiger partial charge in [0.15, 0.2) is 0 Å². The summed E-state index contributed by atoms with van der Waals surface area (Å²) < 4.78 is 0. The minimum Gasteiger partial charge on any atom is -0.232 e. The van der Waals surface area contributed by atoms with Crippen molar-refractivity contribution in [1.29, 1.82) is 0 Å². The molecule has 1 aliphatic rings. The van der Waals surface area contributed by atoms with Gasteiger partial charge >= 0.3 is 0 Å². The third kappa shape index (κ3) is 2.28. The lowest BCUT2D eigenvalue weighted by molar-refractivity contribution is 0.177. The van der Waals surface area contributed by atoms with Crippen molar-refractivity contribution in [3.8, 4) is 0 Å². The maximum atomic E-state index is 10.7. The first-order chi connectivity index (χ1) is 6.88. The first-order valence-electron chi connectivity index (χ1n) is 4.53. The van der Waals surface area contributed by atoms with Gasteiger partial charge in [0.05, 0.1) is 0 Å². The van der Waals surface area contributed by atoms with Gasteiger partial charge in [-0.2, -0.15) is 0 Å². The van der Waals surface area contributed by atoms with Gasteiger partial charge in [-0.25, -0.2) is 16.0 Å². The summed E-state index contributed by atoms with van der Waals surface area (Å²) in [7, 11) is -0.227. The number of allylic oxidation sites excluding steroid dienone is 2. The maximum Gasteiger partial charge on any atom is 0.107 e. The first kappa shape index (κ1) is 9.56. The molecule has 0 N–H and O–H groups in total. The largest absolute Gasteiger partial charge is 0.232 e. The van der Waals surface area contributed by atoms with E-state index in [1.165, 1.54) is 0 Å². The lowest BCUT2D eigenvalue weighted by atomic mass is 10.1. The Kier molecular flexibility index (Phi) is 3.07. The third-order valence-corrected chi connectivity index (χ3v) is 3.67. The van der Waals surface area contributed by atoms with E-state index < -0.39 is 0 Å². The predicted octanol–water partition coefficient (Wildman–Crippen LogP) is 3.17. The van der Waals surface area contributed by atoms with Crippen LogP contribution < -0.4 is 0 Å². The van der Waals surface area contributed by atoms with Crippen molar-refractivity contribution in [3.63, 3.8) is 0 Å². The molecule has 0 fully saturated rings. The Morgan fingerprint density at radius 2 is 2.00 bits per heavy atom. The molecular weight excluding hydrogens is 192 g/mol. The smallest absolute Gasteiger partial charge is 0.107 e. The number of hydrogen-bond donors (Lipinski definition) is 1. The van der Waals surface area contributed by atoms with Crippen LogP contribution >= 0.6 is 10.9 Å². The van der Waals surface area contributed by atoms with Gasteiger partial charge in [-0.1, -0.05) is 36.4 Å². The summed E-state index contributed by atoms with van der Waals surface area (Å²) in [5.74, 6) is 2.22. The van der Waals surface area contributed by atoms with Crippen LogP contribution in [0.5, 0.6) is 0 Å². The fourth-order valence-corrected chi connectivity index (χ4v) is 2.74. The first-order valence-corrected chi connectivity index (χ1v) is 6.08. The summed E-state index contributed by atoms with van der Waals surface area (Å²) in [6, 6.07) is 7.83.